The summed E-state index contributed by atoms with van der Waals surface area (Å²) >= 11 is 0. The summed E-state index contributed by atoms with van der Waals surface area (Å²) in [5.74, 6) is -5.16. The van der Waals surface area contributed by atoms with Crippen LogP contribution in [-0.2, 0) is 30.4 Å². The minimum Gasteiger partial charge on any atom is -0.481 e. The van der Waals surface area contributed by atoms with Gasteiger partial charge in [-0.15, -0.1) is 0 Å². The summed E-state index contributed by atoms with van der Waals surface area (Å²) in [6.07, 6.45) is 2.64. The molecule has 0 fully saturated rings. The summed E-state index contributed by atoms with van der Waals surface area (Å²) in [4.78, 5) is 76.0. The molecule has 16 N–H and O–H groups in total. The number of carbonyl (C=O) groups excluding carboxylic acids is 3. The number of aliphatic carboxylic acids is 2. The van der Waals surface area contributed by atoms with E-state index in [1.165, 1.54) is 12.5 Å². The molecule has 19 nitrogen and oxygen atoms in total. The van der Waals surface area contributed by atoms with Crippen molar-refractivity contribution in [3.63, 3.8) is 0 Å². The van der Waals surface area contributed by atoms with Gasteiger partial charge >= 0.3 is 11.9 Å². The van der Waals surface area contributed by atoms with Crippen molar-refractivity contribution < 1.29 is 34.2 Å². The first-order chi connectivity index (χ1) is 19.8. The van der Waals surface area contributed by atoms with Gasteiger partial charge in [0, 0.05) is 37.8 Å². The van der Waals surface area contributed by atoms with Crippen LogP contribution >= 0.6 is 0 Å². The molecular weight excluding hydrogens is 556 g/mol. The lowest BCUT2D eigenvalue weighted by Gasteiger charge is -2.25. The smallest absolute Gasteiger partial charge is 0.326 e. The topological polar surface area (TPSA) is 345 Å². The average Bonchev–Trinajstić information content (AvgIpc) is 3.42. The van der Waals surface area contributed by atoms with Crippen LogP contribution in [0.2, 0.25) is 0 Å². The number of nitrogens with one attached hydrogen (secondary N) is 4. The predicted octanol–water partition coefficient (Wildman–Crippen LogP) is -4.21. The van der Waals surface area contributed by atoms with Crippen molar-refractivity contribution in [1.82, 2.24) is 25.9 Å². The molecule has 42 heavy (non-hydrogen) atoms. The Bertz CT molecular complexity index is 1100. The number of aromatic amines is 1. The molecule has 0 aromatic carbocycles. The third-order valence-corrected chi connectivity index (χ3v) is 5.76. The number of amides is 3. The molecule has 1 heterocycles. The second kappa shape index (κ2) is 18.4. The second-order valence-corrected chi connectivity index (χ2v) is 9.24. The molecule has 0 aliphatic rings. The van der Waals surface area contributed by atoms with Crippen molar-refractivity contribution in [2.24, 2.45) is 38.7 Å². The fraction of sp³-hybridized carbons (Fsp3) is 0.565. The van der Waals surface area contributed by atoms with Crippen molar-refractivity contribution in [2.75, 3.05) is 13.1 Å². The van der Waals surface area contributed by atoms with Gasteiger partial charge in [-0.25, -0.2) is 9.78 Å². The number of hydrogen-bond acceptors (Lipinski definition) is 9. The van der Waals surface area contributed by atoms with Crippen LogP contribution < -0.4 is 44.6 Å². The molecule has 19 heteroatoms. The van der Waals surface area contributed by atoms with Gasteiger partial charge in [-0.3, -0.25) is 29.2 Å². The number of rotatable bonds is 20. The van der Waals surface area contributed by atoms with E-state index >= 15 is 0 Å². The lowest BCUT2D eigenvalue weighted by atomic mass is 10.1. The molecule has 0 aliphatic carbocycles. The van der Waals surface area contributed by atoms with Crippen molar-refractivity contribution in [3.8, 4) is 0 Å². The summed E-state index contributed by atoms with van der Waals surface area (Å²) in [7, 11) is 0. The maximum atomic E-state index is 13.3. The molecule has 0 bridgehead atoms. The van der Waals surface area contributed by atoms with Gasteiger partial charge in [0.25, 0.3) is 0 Å². The van der Waals surface area contributed by atoms with Crippen molar-refractivity contribution in [1.29, 1.82) is 0 Å². The lowest BCUT2D eigenvalue weighted by Crippen LogP contribution is -2.57. The largest absolute Gasteiger partial charge is 0.481 e. The van der Waals surface area contributed by atoms with Crippen LogP contribution in [0.5, 0.6) is 0 Å². The van der Waals surface area contributed by atoms with Gasteiger partial charge < -0.3 is 59.8 Å². The predicted molar refractivity (Wildman–Crippen MR) is 150 cm³/mol. The molecular formula is C23H40N12O7. The minimum absolute atomic E-state index is 0.0115. The third-order valence-electron chi connectivity index (χ3n) is 5.76. The second-order valence-electron chi connectivity index (χ2n) is 9.24. The number of aliphatic imine (C=N–C) groups is 2. The highest BCUT2D eigenvalue weighted by Gasteiger charge is 2.30. The number of nitrogens with zero attached hydrogens (tertiary/aromatic N) is 3. The molecule has 1 aromatic rings. The molecule has 0 saturated carbocycles. The van der Waals surface area contributed by atoms with E-state index in [-0.39, 0.29) is 70.0 Å². The Morgan fingerprint density at radius 1 is 0.810 bits per heavy atom. The van der Waals surface area contributed by atoms with Crippen molar-refractivity contribution >= 4 is 41.6 Å². The monoisotopic (exact) mass is 596 g/mol. The van der Waals surface area contributed by atoms with Crippen LogP contribution in [0.25, 0.3) is 0 Å². The Morgan fingerprint density at radius 3 is 1.74 bits per heavy atom. The SMILES string of the molecule is NC(N)=NCCCC(NC(=O)C(N)CCC(=O)O)C(=O)NC(CCCN=C(N)N)C(=O)NC(Cc1cnc[nH]1)C(=O)O. The average molecular weight is 597 g/mol. The van der Waals surface area contributed by atoms with Gasteiger partial charge in [-0.05, 0) is 32.1 Å². The van der Waals surface area contributed by atoms with Crippen LogP contribution in [0.15, 0.2) is 22.5 Å². The lowest BCUT2D eigenvalue weighted by molar-refractivity contribution is -0.142. The van der Waals surface area contributed by atoms with Crippen LogP contribution in [0, 0.1) is 0 Å². The first-order valence-electron chi connectivity index (χ1n) is 13.0. The Labute approximate surface area is 241 Å². The van der Waals surface area contributed by atoms with E-state index in [9.17, 15) is 29.1 Å². The zero-order valence-corrected chi connectivity index (χ0v) is 23.0. The standard InChI is InChI=1S/C23H40N12O7/c24-13(5-6-17(36)37)18(38)33-14(3-1-7-30-22(25)26)19(39)34-15(4-2-8-31-23(27)28)20(40)35-16(21(41)42)9-12-10-29-11-32-12/h10-11,13-16H,1-9,24H2,(H,29,32)(H,33,38)(H,34,39)(H,35,40)(H,36,37)(H,41,42)(H4,25,26,30)(H4,27,28,31). The molecule has 3 amide bonds. The first kappa shape index (κ1) is 35.1. The molecule has 1 rings (SSSR count). The maximum absolute atomic E-state index is 13.3. The highest BCUT2D eigenvalue weighted by atomic mass is 16.4. The quantitative estimate of drug-likeness (QED) is 0.0386. The van der Waals surface area contributed by atoms with Crippen LogP contribution in [0.4, 0.5) is 0 Å². The Kier molecular flexibility index (Phi) is 15.4. The van der Waals surface area contributed by atoms with E-state index in [0.717, 1.165) is 0 Å². The van der Waals surface area contributed by atoms with E-state index < -0.39 is 53.8 Å². The fourth-order valence-corrected chi connectivity index (χ4v) is 3.59. The number of nitrogens with two attached hydrogens (primary N) is 5. The van der Waals surface area contributed by atoms with Gasteiger partial charge in [-0.1, -0.05) is 0 Å². The zero-order chi connectivity index (χ0) is 31.7. The first-order valence-corrected chi connectivity index (χ1v) is 13.0. The number of aromatic nitrogens is 2. The molecule has 4 unspecified atom stereocenters. The highest BCUT2D eigenvalue weighted by Crippen LogP contribution is 2.07. The van der Waals surface area contributed by atoms with Crippen molar-refractivity contribution in [2.45, 2.75) is 69.1 Å². The van der Waals surface area contributed by atoms with Crippen LogP contribution in [0.1, 0.15) is 44.2 Å². The van der Waals surface area contributed by atoms with Gasteiger partial charge in [-0.2, -0.15) is 0 Å². The molecule has 4 atom stereocenters. The number of H-pyrrole nitrogens is 1. The van der Waals surface area contributed by atoms with E-state index in [0.29, 0.717) is 5.69 Å². The maximum Gasteiger partial charge on any atom is 0.326 e. The van der Waals surface area contributed by atoms with Gasteiger partial charge in [0.1, 0.15) is 18.1 Å². The Balaban J connectivity index is 3.09. The number of carbonyl (C=O) groups is 5. The summed E-state index contributed by atoms with van der Waals surface area (Å²) in [6, 6.07) is -5.02. The molecule has 0 radical (unpaired) electrons. The molecule has 0 saturated heterocycles. The number of hydrogen-bond donors (Lipinski definition) is 11. The van der Waals surface area contributed by atoms with E-state index in [1.807, 2.05) is 0 Å². The van der Waals surface area contributed by atoms with Crippen molar-refractivity contribution in [3.05, 3.63) is 18.2 Å². The minimum atomic E-state index is -1.35. The van der Waals surface area contributed by atoms with Gasteiger partial charge in [0.15, 0.2) is 11.9 Å². The summed E-state index contributed by atoms with van der Waals surface area (Å²) in [5.41, 5.74) is 27.6. The summed E-state index contributed by atoms with van der Waals surface area (Å²) < 4.78 is 0. The normalized spacial score (nSPS) is 13.5. The Morgan fingerprint density at radius 2 is 1.31 bits per heavy atom. The van der Waals surface area contributed by atoms with Crippen LogP contribution in [-0.4, -0.2) is 99.0 Å². The summed E-state index contributed by atoms with van der Waals surface area (Å²) in [5, 5.41) is 25.9. The van der Waals surface area contributed by atoms with E-state index in [4.69, 9.17) is 33.8 Å². The summed E-state index contributed by atoms with van der Waals surface area (Å²) in [6.45, 7) is 0.249. The number of carboxylic acid groups (broad SMARTS) is 2. The molecule has 0 spiro atoms. The number of imidazole rings is 1. The molecule has 1 aromatic heterocycles. The fourth-order valence-electron chi connectivity index (χ4n) is 3.59. The van der Waals surface area contributed by atoms with Gasteiger partial charge in [0.2, 0.25) is 17.7 Å². The number of guanidine groups is 2. The zero-order valence-electron chi connectivity index (χ0n) is 23.0. The number of carboxylic acids is 2. The van der Waals surface area contributed by atoms with E-state index in [2.05, 4.69) is 35.9 Å². The third kappa shape index (κ3) is 14.4. The highest BCUT2D eigenvalue weighted by molar-refractivity contribution is 5.94. The van der Waals surface area contributed by atoms with Gasteiger partial charge in [0.05, 0.1) is 12.4 Å². The molecule has 0 aliphatic heterocycles. The molecule has 234 valence electrons. The van der Waals surface area contributed by atoms with Crippen LogP contribution in [0.3, 0.4) is 0 Å². The Hall–Kier alpha value is -4.94. The van der Waals surface area contributed by atoms with E-state index in [1.54, 1.807) is 0 Å².